The number of carbonyl (C=O) groups excluding carboxylic acids is 1. The predicted octanol–water partition coefficient (Wildman–Crippen LogP) is 3.70. The number of carbonyl (C=O) groups is 1. The summed E-state index contributed by atoms with van der Waals surface area (Å²) in [6.07, 6.45) is 1.46. The van der Waals surface area contributed by atoms with Gasteiger partial charge in [0.25, 0.3) is 5.89 Å². The number of Topliss-reactive ketones (excluding diaryl/α,β-unsaturated/α-hetero) is 1. The second-order valence-corrected chi connectivity index (χ2v) is 6.64. The normalized spacial score (nSPS) is 11.1. The molecular formula is C21H19N3O4. The van der Waals surface area contributed by atoms with E-state index in [1.165, 1.54) is 6.26 Å². The summed E-state index contributed by atoms with van der Waals surface area (Å²) < 4.78 is 13.3. The molecular weight excluding hydrogens is 358 g/mol. The molecule has 0 spiro atoms. The van der Waals surface area contributed by atoms with Crippen LogP contribution >= 0.6 is 0 Å². The van der Waals surface area contributed by atoms with Crippen molar-refractivity contribution < 1.29 is 13.6 Å². The molecule has 0 atom stereocenters. The number of furan rings is 1. The second-order valence-electron chi connectivity index (χ2n) is 6.64. The first-order valence-corrected chi connectivity index (χ1v) is 8.85. The van der Waals surface area contributed by atoms with Gasteiger partial charge in [0.15, 0.2) is 11.5 Å². The van der Waals surface area contributed by atoms with E-state index < -0.39 is 5.76 Å². The number of ketones is 1. The Morgan fingerprint density at radius 2 is 1.89 bits per heavy atom. The Morgan fingerprint density at radius 1 is 1.11 bits per heavy atom. The maximum atomic E-state index is 12.9. The number of benzene rings is 1. The fourth-order valence-corrected chi connectivity index (χ4v) is 3.36. The first-order valence-electron chi connectivity index (χ1n) is 8.85. The maximum Gasteiger partial charge on any atom is 0.437 e. The lowest BCUT2D eigenvalue weighted by Gasteiger charge is -2.12. The van der Waals surface area contributed by atoms with Gasteiger partial charge in [0.05, 0.1) is 6.26 Å². The Morgan fingerprint density at radius 3 is 2.61 bits per heavy atom. The standard InChI is InChI=1S/C21H19N3O4/c1-13-7-4-5-8-17(13)24-14(2)11-16(15(24)3)18(25)12-23-21(26)28-20(22-23)19-9-6-10-27-19/h4-11H,12H2,1-3H3. The van der Waals surface area contributed by atoms with E-state index in [2.05, 4.69) is 5.10 Å². The lowest BCUT2D eigenvalue weighted by molar-refractivity contribution is 0.0964. The van der Waals surface area contributed by atoms with Crippen LogP contribution in [0.4, 0.5) is 0 Å². The number of hydrogen-bond acceptors (Lipinski definition) is 5. The average Bonchev–Trinajstić information content (AvgIpc) is 3.37. The molecule has 0 saturated heterocycles. The second kappa shape index (κ2) is 6.84. The van der Waals surface area contributed by atoms with Crippen molar-refractivity contribution in [3.05, 3.63) is 81.8 Å². The van der Waals surface area contributed by atoms with E-state index in [0.29, 0.717) is 11.3 Å². The van der Waals surface area contributed by atoms with E-state index in [4.69, 9.17) is 8.83 Å². The van der Waals surface area contributed by atoms with Crippen LogP contribution in [0.25, 0.3) is 17.3 Å². The molecule has 0 N–H and O–H groups in total. The van der Waals surface area contributed by atoms with Crippen LogP contribution in [-0.2, 0) is 6.54 Å². The minimum absolute atomic E-state index is 0.0492. The third-order valence-electron chi connectivity index (χ3n) is 4.72. The summed E-state index contributed by atoms with van der Waals surface area (Å²) >= 11 is 0. The Hall–Kier alpha value is -3.61. The van der Waals surface area contributed by atoms with Gasteiger partial charge in [0, 0.05) is 22.6 Å². The Balaban J connectivity index is 1.66. The molecule has 0 saturated carbocycles. The van der Waals surface area contributed by atoms with E-state index in [0.717, 1.165) is 27.3 Å². The summed E-state index contributed by atoms with van der Waals surface area (Å²) in [5.41, 5.74) is 4.45. The highest BCUT2D eigenvalue weighted by Gasteiger charge is 2.20. The summed E-state index contributed by atoms with van der Waals surface area (Å²) in [4.78, 5) is 24.9. The molecule has 0 aliphatic heterocycles. The number of aromatic nitrogens is 3. The summed E-state index contributed by atoms with van der Waals surface area (Å²) in [7, 11) is 0. The molecule has 142 valence electrons. The van der Waals surface area contributed by atoms with Crippen LogP contribution < -0.4 is 5.76 Å². The molecule has 0 radical (unpaired) electrons. The van der Waals surface area contributed by atoms with Crippen LogP contribution in [0.3, 0.4) is 0 Å². The third kappa shape index (κ3) is 3.00. The van der Waals surface area contributed by atoms with Crippen molar-refractivity contribution in [2.24, 2.45) is 0 Å². The number of aryl methyl sites for hydroxylation is 2. The van der Waals surface area contributed by atoms with Crippen molar-refractivity contribution in [2.45, 2.75) is 27.3 Å². The molecule has 0 unspecified atom stereocenters. The molecule has 0 amide bonds. The molecule has 0 bridgehead atoms. The monoisotopic (exact) mass is 377 g/mol. The number of nitrogens with zero attached hydrogens (tertiary/aromatic N) is 3. The van der Waals surface area contributed by atoms with Gasteiger partial charge >= 0.3 is 5.76 Å². The zero-order valence-electron chi connectivity index (χ0n) is 15.8. The SMILES string of the molecule is Cc1ccccc1-n1c(C)cc(C(=O)Cn2nc(-c3ccco3)oc2=O)c1C. The van der Waals surface area contributed by atoms with Gasteiger partial charge in [-0.3, -0.25) is 4.79 Å². The van der Waals surface area contributed by atoms with Gasteiger partial charge in [-0.15, -0.1) is 5.10 Å². The molecule has 3 aromatic heterocycles. The minimum Gasteiger partial charge on any atom is -0.459 e. The molecule has 0 aliphatic carbocycles. The molecule has 7 nitrogen and oxygen atoms in total. The molecule has 3 heterocycles. The summed E-state index contributed by atoms with van der Waals surface area (Å²) in [6, 6.07) is 13.1. The molecule has 7 heteroatoms. The smallest absolute Gasteiger partial charge is 0.437 e. The van der Waals surface area contributed by atoms with Crippen molar-refractivity contribution >= 4 is 5.78 Å². The van der Waals surface area contributed by atoms with Crippen LogP contribution in [0.2, 0.25) is 0 Å². The predicted molar refractivity (Wildman–Crippen MR) is 103 cm³/mol. The number of hydrogen-bond donors (Lipinski definition) is 0. The van der Waals surface area contributed by atoms with Crippen LogP contribution in [0, 0.1) is 20.8 Å². The lowest BCUT2D eigenvalue weighted by atomic mass is 10.1. The summed E-state index contributed by atoms with van der Waals surface area (Å²) in [5.74, 6) is -0.531. The molecule has 4 rings (SSSR count). The van der Waals surface area contributed by atoms with Crippen molar-refractivity contribution in [1.82, 2.24) is 14.3 Å². The number of rotatable bonds is 5. The topological polar surface area (TPSA) is 83.2 Å². The highest BCUT2D eigenvalue weighted by molar-refractivity contribution is 5.97. The van der Waals surface area contributed by atoms with Gasteiger partial charge in [-0.1, -0.05) is 18.2 Å². The van der Waals surface area contributed by atoms with E-state index >= 15 is 0 Å². The van der Waals surface area contributed by atoms with E-state index in [-0.39, 0.29) is 18.2 Å². The van der Waals surface area contributed by atoms with Crippen molar-refractivity contribution in [2.75, 3.05) is 0 Å². The van der Waals surface area contributed by atoms with Crippen molar-refractivity contribution in [3.8, 4) is 17.3 Å². The van der Waals surface area contributed by atoms with Crippen molar-refractivity contribution in [1.29, 1.82) is 0 Å². The zero-order chi connectivity index (χ0) is 19.8. The highest BCUT2D eigenvalue weighted by atomic mass is 16.4. The van der Waals surface area contributed by atoms with Gasteiger partial charge in [-0.05, 0) is 50.6 Å². The van der Waals surface area contributed by atoms with Gasteiger partial charge in [0.2, 0.25) is 0 Å². The van der Waals surface area contributed by atoms with E-state index in [1.54, 1.807) is 12.1 Å². The molecule has 4 aromatic rings. The van der Waals surface area contributed by atoms with Gasteiger partial charge in [-0.25, -0.2) is 4.79 Å². The van der Waals surface area contributed by atoms with Gasteiger partial charge in [0.1, 0.15) is 6.54 Å². The summed E-state index contributed by atoms with van der Waals surface area (Å²) in [6.45, 7) is 5.67. The van der Waals surface area contributed by atoms with Crippen LogP contribution in [0.1, 0.15) is 27.3 Å². The Labute approximate surface area is 160 Å². The molecule has 0 aliphatic rings. The lowest BCUT2D eigenvalue weighted by Crippen LogP contribution is -2.22. The Kier molecular flexibility index (Phi) is 4.35. The van der Waals surface area contributed by atoms with E-state index in [1.807, 2.05) is 55.7 Å². The first-order chi connectivity index (χ1) is 13.5. The van der Waals surface area contributed by atoms with Gasteiger partial charge in [-0.2, -0.15) is 4.68 Å². The molecule has 28 heavy (non-hydrogen) atoms. The first kappa shape index (κ1) is 17.8. The summed E-state index contributed by atoms with van der Waals surface area (Å²) in [5, 5.41) is 4.07. The molecule has 0 fully saturated rings. The zero-order valence-corrected chi connectivity index (χ0v) is 15.8. The fourth-order valence-electron chi connectivity index (χ4n) is 3.36. The minimum atomic E-state index is -0.701. The largest absolute Gasteiger partial charge is 0.459 e. The highest BCUT2D eigenvalue weighted by Crippen LogP contribution is 2.24. The van der Waals surface area contributed by atoms with Crippen LogP contribution in [0.5, 0.6) is 0 Å². The van der Waals surface area contributed by atoms with E-state index in [9.17, 15) is 9.59 Å². The third-order valence-corrected chi connectivity index (χ3v) is 4.72. The average molecular weight is 377 g/mol. The van der Waals surface area contributed by atoms with Crippen molar-refractivity contribution in [3.63, 3.8) is 0 Å². The Bertz CT molecular complexity index is 1210. The van der Waals surface area contributed by atoms with Gasteiger partial charge < -0.3 is 13.4 Å². The maximum absolute atomic E-state index is 12.9. The number of para-hydroxylation sites is 1. The fraction of sp³-hybridized carbons (Fsp3) is 0.190. The van der Waals surface area contributed by atoms with Crippen LogP contribution in [-0.4, -0.2) is 20.1 Å². The quantitative estimate of drug-likeness (QED) is 0.495. The molecule has 1 aromatic carbocycles. The van der Waals surface area contributed by atoms with Crippen LogP contribution in [0.15, 0.2) is 62.4 Å².